The van der Waals surface area contributed by atoms with Crippen molar-refractivity contribution in [3.05, 3.63) is 106 Å². The van der Waals surface area contributed by atoms with E-state index in [1.54, 1.807) is 29.2 Å². The van der Waals surface area contributed by atoms with Crippen LogP contribution in [0.5, 0.6) is 5.75 Å². The van der Waals surface area contributed by atoms with E-state index in [1.807, 2.05) is 48.5 Å². The van der Waals surface area contributed by atoms with Gasteiger partial charge in [0.2, 0.25) is 0 Å². The molecule has 0 unspecified atom stereocenters. The minimum atomic E-state index is -0.215. The van der Waals surface area contributed by atoms with Crippen LogP contribution < -0.4 is 15.1 Å². The van der Waals surface area contributed by atoms with Gasteiger partial charge in [-0.2, -0.15) is 0 Å². The Morgan fingerprint density at radius 1 is 0.933 bits per heavy atom. The summed E-state index contributed by atoms with van der Waals surface area (Å²) in [4.78, 5) is 28.2. The average molecular weight is 397 g/mol. The molecule has 1 aliphatic heterocycles. The highest BCUT2D eigenvalue weighted by molar-refractivity contribution is 6.08. The number of carbonyl (C=O) groups is 1. The molecular weight excluding hydrogens is 378 g/mol. The molecule has 148 valence electrons. The van der Waals surface area contributed by atoms with E-state index in [0.29, 0.717) is 40.1 Å². The minimum absolute atomic E-state index is 0.0969. The van der Waals surface area contributed by atoms with Crippen molar-refractivity contribution in [2.45, 2.75) is 13.0 Å². The molecular formula is C25H19NO4. The number of nitrogens with zero attached hydrogens (tertiary/aromatic N) is 1. The van der Waals surface area contributed by atoms with E-state index in [2.05, 4.69) is 0 Å². The second-order valence-electron chi connectivity index (χ2n) is 7.21. The number of hydrogen-bond acceptors (Lipinski definition) is 4. The molecule has 0 N–H and O–H groups in total. The summed E-state index contributed by atoms with van der Waals surface area (Å²) in [6.07, 6.45) is 2.23. The predicted octanol–water partition coefficient (Wildman–Crippen LogP) is 4.57. The first-order chi connectivity index (χ1) is 14.7. The Kier molecular flexibility index (Phi) is 4.56. The number of amides is 1. The first kappa shape index (κ1) is 18.2. The molecule has 0 saturated heterocycles. The lowest BCUT2D eigenvalue weighted by molar-refractivity contribution is 0.0982. The van der Waals surface area contributed by atoms with Gasteiger partial charge >= 0.3 is 0 Å². The third-order valence-corrected chi connectivity index (χ3v) is 5.34. The smallest absolute Gasteiger partial charge is 0.262 e. The number of hydrogen-bond donors (Lipinski definition) is 0. The lowest BCUT2D eigenvalue weighted by Gasteiger charge is -2.23. The molecule has 5 nitrogen and oxygen atoms in total. The van der Waals surface area contributed by atoms with Crippen LogP contribution in [0.1, 0.15) is 21.5 Å². The van der Waals surface area contributed by atoms with Crippen molar-refractivity contribution in [1.82, 2.24) is 0 Å². The fraction of sp³-hybridized carbons (Fsp3) is 0.120. The molecule has 0 saturated carbocycles. The Bertz CT molecular complexity index is 1290. The standard InChI is InChI=1S/C25H19NO4/c27-23-18(16-30-22-12-5-4-10-20(22)23)15-26(19-8-2-1-3-9-19)25(28)21-11-6-7-17-13-14-29-24(17)21/h1-12,16H,13-15H2. The summed E-state index contributed by atoms with van der Waals surface area (Å²) >= 11 is 0. The monoisotopic (exact) mass is 397 g/mol. The summed E-state index contributed by atoms with van der Waals surface area (Å²) in [5.41, 5.74) is 3.03. The number of rotatable bonds is 4. The maximum atomic E-state index is 13.6. The van der Waals surface area contributed by atoms with Crippen LogP contribution in [0.25, 0.3) is 11.0 Å². The molecule has 4 aromatic rings. The van der Waals surface area contributed by atoms with E-state index >= 15 is 0 Å². The van der Waals surface area contributed by atoms with Crippen molar-refractivity contribution in [2.75, 3.05) is 11.5 Å². The second-order valence-corrected chi connectivity index (χ2v) is 7.21. The molecule has 0 fully saturated rings. The number of carbonyl (C=O) groups excluding carboxylic acids is 1. The van der Waals surface area contributed by atoms with Gasteiger partial charge in [-0.25, -0.2) is 0 Å². The van der Waals surface area contributed by atoms with Gasteiger partial charge in [-0.05, 0) is 35.9 Å². The van der Waals surface area contributed by atoms with E-state index in [1.165, 1.54) is 6.26 Å². The van der Waals surface area contributed by atoms with Gasteiger partial charge in [-0.15, -0.1) is 0 Å². The maximum Gasteiger partial charge on any atom is 0.262 e. The zero-order valence-corrected chi connectivity index (χ0v) is 16.2. The molecule has 0 atom stereocenters. The fourth-order valence-electron chi connectivity index (χ4n) is 3.81. The number of para-hydroxylation sites is 3. The van der Waals surface area contributed by atoms with E-state index in [9.17, 15) is 9.59 Å². The van der Waals surface area contributed by atoms with Crippen molar-refractivity contribution >= 4 is 22.6 Å². The Balaban J connectivity index is 1.59. The number of fused-ring (bicyclic) bond motifs is 2. The fourth-order valence-corrected chi connectivity index (χ4v) is 3.81. The van der Waals surface area contributed by atoms with E-state index in [4.69, 9.17) is 9.15 Å². The van der Waals surface area contributed by atoms with Gasteiger partial charge in [0, 0.05) is 12.1 Å². The van der Waals surface area contributed by atoms with Gasteiger partial charge in [-0.1, -0.05) is 42.5 Å². The largest absolute Gasteiger partial charge is 0.492 e. The molecule has 0 radical (unpaired) electrons. The highest BCUT2D eigenvalue weighted by Gasteiger charge is 2.26. The van der Waals surface area contributed by atoms with E-state index in [0.717, 1.165) is 12.0 Å². The van der Waals surface area contributed by atoms with Crippen LogP contribution in [0, 0.1) is 0 Å². The number of anilines is 1. The molecule has 0 bridgehead atoms. The van der Waals surface area contributed by atoms with Gasteiger partial charge in [0.1, 0.15) is 11.3 Å². The summed E-state index contributed by atoms with van der Waals surface area (Å²) in [6.45, 7) is 0.666. The van der Waals surface area contributed by atoms with Crippen LogP contribution in [0.15, 0.2) is 88.3 Å². The van der Waals surface area contributed by atoms with Crippen LogP contribution in [-0.4, -0.2) is 12.5 Å². The van der Waals surface area contributed by atoms with Crippen molar-refractivity contribution in [1.29, 1.82) is 0 Å². The molecule has 2 heterocycles. The minimum Gasteiger partial charge on any atom is -0.492 e. The van der Waals surface area contributed by atoms with Gasteiger partial charge in [0.25, 0.3) is 5.91 Å². The average Bonchev–Trinajstić information content (AvgIpc) is 3.28. The third-order valence-electron chi connectivity index (χ3n) is 5.34. The van der Waals surface area contributed by atoms with Crippen LogP contribution in [0.4, 0.5) is 5.69 Å². The SMILES string of the molecule is O=C(c1cccc2c1OCC2)N(Cc1coc2ccccc2c1=O)c1ccccc1. The summed E-state index contributed by atoms with van der Waals surface area (Å²) in [5, 5.41) is 0.499. The van der Waals surface area contributed by atoms with Crippen molar-refractivity contribution in [2.24, 2.45) is 0 Å². The Morgan fingerprint density at radius 3 is 2.60 bits per heavy atom. The summed E-state index contributed by atoms with van der Waals surface area (Å²) in [7, 11) is 0. The predicted molar refractivity (Wildman–Crippen MR) is 115 cm³/mol. The number of ether oxygens (including phenoxy) is 1. The van der Waals surface area contributed by atoms with Crippen molar-refractivity contribution in [3.8, 4) is 5.75 Å². The number of benzene rings is 3. The van der Waals surface area contributed by atoms with E-state index < -0.39 is 0 Å². The molecule has 5 heteroatoms. The van der Waals surface area contributed by atoms with Crippen LogP contribution in [-0.2, 0) is 13.0 Å². The van der Waals surface area contributed by atoms with Gasteiger partial charge < -0.3 is 14.1 Å². The highest BCUT2D eigenvalue weighted by Crippen LogP contribution is 2.32. The van der Waals surface area contributed by atoms with Gasteiger partial charge in [0.05, 0.1) is 35.9 Å². The van der Waals surface area contributed by atoms with E-state index in [-0.39, 0.29) is 17.9 Å². The molecule has 0 aliphatic carbocycles. The first-order valence-electron chi connectivity index (χ1n) is 9.83. The molecule has 1 aromatic heterocycles. The van der Waals surface area contributed by atoms with Gasteiger partial charge in [-0.3, -0.25) is 9.59 Å². The second kappa shape index (κ2) is 7.52. The van der Waals surface area contributed by atoms with Crippen molar-refractivity contribution in [3.63, 3.8) is 0 Å². The maximum absolute atomic E-state index is 13.6. The molecule has 1 amide bonds. The Morgan fingerprint density at radius 2 is 1.73 bits per heavy atom. The zero-order valence-electron chi connectivity index (χ0n) is 16.2. The van der Waals surface area contributed by atoms with Crippen LogP contribution >= 0.6 is 0 Å². The molecule has 3 aromatic carbocycles. The molecule has 30 heavy (non-hydrogen) atoms. The van der Waals surface area contributed by atoms with Gasteiger partial charge in [0.15, 0.2) is 5.43 Å². The highest BCUT2D eigenvalue weighted by atomic mass is 16.5. The lowest BCUT2D eigenvalue weighted by Crippen LogP contribution is -2.32. The zero-order chi connectivity index (χ0) is 20.5. The van der Waals surface area contributed by atoms with Crippen molar-refractivity contribution < 1.29 is 13.9 Å². The molecule has 5 rings (SSSR count). The topological polar surface area (TPSA) is 59.8 Å². The summed E-state index contributed by atoms with van der Waals surface area (Å²) in [6, 6.07) is 22.0. The lowest BCUT2D eigenvalue weighted by atomic mass is 10.1. The first-order valence-corrected chi connectivity index (χ1v) is 9.83. The summed E-state index contributed by atoms with van der Waals surface area (Å²) < 4.78 is 11.4. The van der Waals surface area contributed by atoms with Crippen LogP contribution in [0.3, 0.4) is 0 Å². The molecule has 1 aliphatic rings. The molecule has 0 spiro atoms. The van der Waals surface area contributed by atoms with Crippen LogP contribution in [0.2, 0.25) is 0 Å². The Hall–Kier alpha value is -3.86. The quantitative estimate of drug-likeness (QED) is 0.506. The summed E-state index contributed by atoms with van der Waals surface area (Å²) in [5.74, 6) is 0.418. The normalized spacial score (nSPS) is 12.4. The Labute approximate surface area is 173 Å². The third kappa shape index (κ3) is 3.14.